The minimum absolute atomic E-state index is 0.00376. The second-order valence-electron chi connectivity index (χ2n) is 6.88. The zero-order valence-electron chi connectivity index (χ0n) is 15.7. The number of nitrogens with zero attached hydrogens (tertiary/aromatic N) is 2. The molecule has 1 aliphatic rings. The van der Waals surface area contributed by atoms with E-state index in [0.29, 0.717) is 0 Å². The van der Waals surface area contributed by atoms with Gasteiger partial charge in [-0.1, -0.05) is 36.4 Å². The molecule has 0 bridgehead atoms. The lowest BCUT2D eigenvalue weighted by atomic mass is 9.88. The average molecular weight is 393 g/mol. The van der Waals surface area contributed by atoms with Crippen LogP contribution in [0.2, 0.25) is 0 Å². The number of aromatic nitrogens is 2. The number of rotatable bonds is 5. The molecule has 0 radical (unpaired) electrons. The summed E-state index contributed by atoms with van der Waals surface area (Å²) < 4.78 is 20.2. The monoisotopic (exact) mass is 393 g/mol. The van der Waals surface area contributed by atoms with Gasteiger partial charge in [0.05, 0.1) is 6.04 Å². The predicted molar refractivity (Wildman–Crippen MR) is 104 cm³/mol. The van der Waals surface area contributed by atoms with Crippen LogP contribution in [0.15, 0.2) is 60.8 Å². The number of carbonyl (C=O) groups excluding carboxylic acids is 2. The zero-order valence-corrected chi connectivity index (χ0v) is 15.7. The van der Waals surface area contributed by atoms with E-state index in [0.717, 1.165) is 24.8 Å². The quantitative estimate of drug-likeness (QED) is 0.675. The van der Waals surface area contributed by atoms with Gasteiger partial charge >= 0.3 is 5.97 Å². The van der Waals surface area contributed by atoms with Crippen molar-refractivity contribution in [3.05, 3.63) is 83.4 Å². The molecule has 1 atom stereocenters. The number of aryl methyl sites for hydroxylation is 1. The molecular formula is C22H20FN3O3. The molecule has 1 amide bonds. The molecule has 0 saturated carbocycles. The first-order valence-electron chi connectivity index (χ1n) is 9.46. The van der Waals surface area contributed by atoms with Crippen LogP contribution in [0.4, 0.5) is 4.39 Å². The molecule has 0 saturated heterocycles. The Balaban J connectivity index is 1.35. The third-order valence-electron chi connectivity index (χ3n) is 4.94. The van der Waals surface area contributed by atoms with Crippen molar-refractivity contribution in [3.63, 3.8) is 0 Å². The summed E-state index contributed by atoms with van der Waals surface area (Å²) in [6, 6.07) is 15.5. The fourth-order valence-corrected chi connectivity index (χ4v) is 3.55. The fourth-order valence-electron chi connectivity index (χ4n) is 3.55. The number of halogens is 1. The molecular weight excluding hydrogens is 373 g/mol. The highest BCUT2D eigenvalue weighted by Gasteiger charge is 2.22. The van der Waals surface area contributed by atoms with Crippen LogP contribution >= 0.6 is 0 Å². The van der Waals surface area contributed by atoms with E-state index in [1.54, 1.807) is 18.2 Å². The Morgan fingerprint density at radius 3 is 2.79 bits per heavy atom. The van der Waals surface area contributed by atoms with Crippen molar-refractivity contribution in [2.75, 3.05) is 6.61 Å². The number of esters is 1. The number of para-hydroxylation sites is 1. The Morgan fingerprint density at radius 1 is 1.14 bits per heavy atom. The summed E-state index contributed by atoms with van der Waals surface area (Å²) in [6.07, 6.45) is 4.31. The number of amides is 1. The van der Waals surface area contributed by atoms with Crippen molar-refractivity contribution in [3.8, 4) is 5.69 Å². The number of hydrogen-bond donors (Lipinski definition) is 1. The van der Waals surface area contributed by atoms with Gasteiger partial charge in [0.25, 0.3) is 5.91 Å². The molecule has 2 aromatic carbocycles. The lowest BCUT2D eigenvalue weighted by Crippen LogP contribution is -2.34. The number of nitrogens with one attached hydrogen (secondary N) is 1. The molecule has 1 aromatic heterocycles. The second kappa shape index (κ2) is 8.26. The largest absolute Gasteiger partial charge is 0.451 e. The van der Waals surface area contributed by atoms with E-state index in [4.69, 9.17) is 4.74 Å². The van der Waals surface area contributed by atoms with Crippen LogP contribution in [-0.4, -0.2) is 28.3 Å². The van der Waals surface area contributed by atoms with Crippen LogP contribution in [0, 0.1) is 5.82 Å². The smallest absolute Gasteiger partial charge is 0.359 e. The van der Waals surface area contributed by atoms with Crippen LogP contribution < -0.4 is 5.32 Å². The van der Waals surface area contributed by atoms with Crippen molar-refractivity contribution in [2.45, 2.75) is 25.3 Å². The van der Waals surface area contributed by atoms with Gasteiger partial charge in [-0.3, -0.25) is 4.79 Å². The van der Waals surface area contributed by atoms with Gasteiger partial charge in [0.2, 0.25) is 0 Å². The predicted octanol–water partition coefficient (Wildman–Crippen LogP) is 3.36. The number of hydrogen-bond acceptors (Lipinski definition) is 4. The SMILES string of the molecule is O=C(COC(=O)c1ccn(-c2ccccc2F)n1)NC1CCCc2ccccc21. The number of benzene rings is 2. The normalized spacial score (nSPS) is 15.4. The highest BCUT2D eigenvalue weighted by Crippen LogP contribution is 2.29. The summed E-state index contributed by atoms with van der Waals surface area (Å²) in [7, 11) is 0. The maximum Gasteiger partial charge on any atom is 0.359 e. The van der Waals surface area contributed by atoms with E-state index in [1.807, 2.05) is 18.2 Å². The molecule has 1 aliphatic carbocycles. The Kier molecular flexibility index (Phi) is 5.37. The van der Waals surface area contributed by atoms with E-state index in [9.17, 15) is 14.0 Å². The van der Waals surface area contributed by atoms with Gasteiger partial charge < -0.3 is 10.1 Å². The van der Waals surface area contributed by atoms with Crippen LogP contribution in [0.25, 0.3) is 5.69 Å². The molecule has 0 spiro atoms. The van der Waals surface area contributed by atoms with Crippen molar-refractivity contribution < 1.29 is 18.7 Å². The number of ether oxygens (including phenoxy) is 1. The van der Waals surface area contributed by atoms with E-state index in [1.165, 1.54) is 28.6 Å². The first kappa shape index (κ1) is 18.9. The highest BCUT2D eigenvalue weighted by molar-refractivity contribution is 5.89. The summed E-state index contributed by atoms with van der Waals surface area (Å²) >= 11 is 0. The molecule has 4 rings (SSSR count). The van der Waals surface area contributed by atoms with Gasteiger partial charge in [-0.15, -0.1) is 0 Å². The highest BCUT2D eigenvalue weighted by atomic mass is 19.1. The molecule has 0 fully saturated rings. The Morgan fingerprint density at radius 2 is 1.93 bits per heavy atom. The Hall–Kier alpha value is -3.48. The molecule has 6 nitrogen and oxygen atoms in total. The molecule has 148 valence electrons. The van der Waals surface area contributed by atoms with Crippen LogP contribution in [-0.2, 0) is 16.0 Å². The molecule has 29 heavy (non-hydrogen) atoms. The Bertz CT molecular complexity index is 1050. The van der Waals surface area contributed by atoms with E-state index < -0.39 is 18.4 Å². The molecule has 7 heteroatoms. The first-order chi connectivity index (χ1) is 14.1. The van der Waals surface area contributed by atoms with Crippen molar-refractivity contribution in [1.82, 2.24) is 15.1 Å². The van der Waals surface area contributed by atoms with Gasteiger partial charge in [0.15, 0.2) is 12.3 Å². The summed E-state index contributed by atoms with van der Waals surface area (Å²) in [5.41, 5.74) is 2.58. The molecule has 3 aromatic rings. The second-order valence-corrected chi connectivity index (χ2v) is 6.88. The van der Waals surface area contributed by atoms with Gasteiger partial charge in [0, 0.05) is 6.20 Å². The number of carbonyl (C=O) groups is 2. The van der Waals surface area contributed by atoms with E-state index in [-0.39, 0.29) is 23.3 Å². The van der Waals surface area contributed by atoms with Gasteiger partial charge in [-0.05, 0) is 48.6 Å². The average Bonchev–Trinajstić information content (AvgIpc) is 3.23. The van der Waals surface area contributed by atoms with Crippen molar-refractivity contribution in [2.24, 2.45) is 0 Å². The standard InChI is InChI=1S/C22H20FN3O3/c23-17-9-3-4-11-20(17)26-13-12-19(25-26)22(28)29-14-21(27)24-18-10-5-7-15-6-1-2-8-16(15)18/h1-4,6,8-9,11-13,18H,5,7,10,14H2,(H,24,27). The third kappa shape index (κ3) is 4.18. The Labute approximate surface area is 167 Å². The lowest BCUT2D eigenvalue weighted by Gasteiger charge is -2.26. The van der Waals surface area contributed by atoms with Crippen LogP contribution in [0.5, 0.6) is 0 Å². The van der Waals surface area contributed by atoms with Gasteiger partial charge in [0.1, 0.15) is 11.5 Å². The van der Waals surface area contributed by atoms with E-state index in [2.05, 4.69) is 16.5 Å². The van der Waals surface area contributed by atoms with Crippen molar-refractivity contribution >= 4 is 11.9 Å². The maximum absolute atomic E-state index is 13.8. The fraction of sp³-hybridized carbons (Fsp3) is 0.227. The van der Waals surface area contributed by atoms with Gasteiger partial charge in [-0.2, -0.15) is 5.10 Å². The first-order valence-corrected chi connectivity index (χ1v) is 9.46. The summed E-state index contributed by atoms with van der Waals surface area (Å²) in [4.78, 5) is 24.5. The maximum atomic E-state index is 13.8. The summed E-state index contributed by atoms with van der Waals surface area (Å²) in [5.74, 6) is -1.56. The summed E-state index contributed by atoms with van der Waals surface area (Å²) in [5, 5.41) is 6.96. The molecule has 0 aliphatic heterocycles. The molecule has 1 heterocycles. The topological polar surface area (TPSA) is 73.2 Å². The van der Waals surface area contributed by atoms with Crippen molar-refractivity contribution in [1.29, 1.82) is 0 Å². The molecule has 1 N–H and O–H groups in total. The number of fused-ring (bicyclic) bond motifs is 1. The van der Waals surface area contributed by atoms with Crippen LogP contribution in [0.1, 0.15) is 40.5 Å². The minimum atomic E-state index is -0.737. The van der Waals surface area contributed by atoms with Gasteiger partial charge in [-0.25, -0.2) is 13.9 Å². The summed E-state index contributed by atoms with van der Waals surface area (Å²) in [6.45, 7) is -0.399. The molecule has 1 unspecified atom stereocenters. The van der Waals surface area contributed by atoms with E-state index >= 15 is 0 Å². The minimum Gasteiger partial charge on any atom is -0.451 e. The lowest BCUT2D eigenvalue weighted by molar-refractivity contribution is -0.125. The zero-order chi connectivity index (χ0) is 20.2. The van der Waals surface area contributed by atoms with Crippen LogP contribution in [0.3, 0.4) is 0 Å². The third-order valence-corrected chi connectivity index (χ3v) is 4.94.